The van der Waals surface area contributed by atoms with E-state index in [1.54, 1.807) is 0 Å². The van der Waals surface area contributed by atoms with Crippen LogP contribution >= 0.6 is 0 Å². The summed E-state index contributed by atoms with van der Waals surface area (Å²) < 4.78 is 6.05. The smallest absolute Gasteiger partial charge is 0.164 e. The maximum Gasteiger partial charge on any atom is 0.164 e. The molecule has 29 heavy (non-hydrogen) atoms. The highest BCUT2D eigenvalue weighted by Crippen LogP contribution is 2.36. The van der Waals surface area contributed by atoms with Gasteiger partial charge in [0.2, 0.25) is 0 Å². The molecule has 0 N–H and O–H groups in total. The summed E-state index contributed by atoms with van der Waals surface area (Å²) in [6.07, 6.45) is 1.50. The van der Waals surface area contributed by atoms with Gasteiger partial charge in [0.05, 0.1) is 11.8 Å². The monoisotopic (exact) mass is 405 g/mol. The predicted octanol–water partition coefficient (Wildman–Crippen LogP) is 5.28. The van der Waals surface area contributed by atoms with Crippen molar-refractivity contribution in [2.45, 2.75) is 80.3 Å². The molecule has 1 rings (SSSR count). The molecule has 0 aliphatic heterocycles. The van der Waals surface area contributed by atoms with E-state index in [9.17, 15) is 14.4 Å². The van der Waals surface area contributed by atoms with E-state index < -0.39 is 5.92 Å². The Morgan fingerprint density at radius 3 is 2.07 bits per heavy atom. The van der Waals surface area contributed by atoms with Gasteiger partial charge in [0.15, 0.2) is 5.78 Å². The molecule has 0 fully saturated rings. The Labute approximate surface area is 176 Å². The third-order valence-electron chi connectivity index (χ3n) is 4.58. The molecule has 1 unspecified atom stereocenters. The summed E-state index contributed by atoms with van der Waals surface area (Å²) >= 11 is 0. The molecule has 5 nitrogen and oxygen atoms in total. The zero-order valence-electron chi connectivity index (χ0n) is 19.7. The summed E-state index contributed by atoms with van der Waals surface area (Å²) in [5.74, 6) is 0.215. The molecule has 0 heterocycles. The average Bonchev–Trinajstić information content (AvgIpc) is 2.64. The molecule has 0 amide bonds. The van der Waals surface area contributed by atoms with Crippen molar-refractivity contribution in [1.29, 1.82) is 0 Å². The van der Waals surface area contributed by atoms with Crippen LogP contribution in [0.25, 0.3) is 0 Å². The first-order valence-electron chi connectivity index (χ1n) is 10.6. The Balaban J connectivity index is 0.00000379. The molecule has 0 radical (unpaired) electrons. The van der Waals surface area contributed by atoms with Crippen LogP contribution in [0.15, 0.2) is 12.1 Å². The van der Waals surface area contributed by atoms with Gasteiger partial charge in [-0.25, -0.2) is 0 Å². The first-order valence-corrected chi connectivity index (χ1v) is 10.6. The number of nitrogens with zero attached hydrogens (tertiary/aromatic N) is 1. The predicted molar refractivity (Wildman–Crippen MR) is 120 cm³/mol. The van der Waals surface area contributed by atoms with E-state index in [0.29, 0.717) is 24.8 Å². The van der Waals surface area contributed by atoms with E-state index in [1.165, 1.54) is 13.8 Å². The van der Waals surface area contributed by atoms with Crippen molar-refractivity contribution < 1.29 is 19.1 Å². The van der Waals surface area contributed by atoms with Gasteiger partial charge in [-0.15, -0.1) is 0 Å². The maximum atomic E-state index is 13.0. The van der Waals surface area contributed by atoms with Crippen LogP contribution in [-0.2, 0) is 16.0 Å². The Hall–Kier alpha value is -2.17. The van der Waals surface area contributed by atoms with Gasteiger partial charge in [-0.3, -0.25) is 9.59 Å². The van der Waals surface area contributed by atoms with Crippen molar-refractivity contribution in [2.24, 2.45) is 5.92 Å². The third-order valence-corrected chi connectivity index (χ3v) is 4.58. The molecule has 5 heteroatoms. The van der Waals surface area contributed by atoms with Crippen molar-refractivity contribution in [3.63, 3.8) is 0 Å². The van der Waals surface area contributed by atoms with Gasteiger partial charge in [0.1, 0.15) is 17.3 Å². The molecular formula is C24H39NO4. The summed E-state index contributed by atoms with van der Waals surface area (Å²) in [7, 11) is 3.88. The van der Waals surface area contributed by atoms with Crippen LogP contribution in [0.2, 0.25) is 0 Å². The summed E-state index contributed by atoms with van der Waals surface area (Å²) in [5, 5.41) is 0. The van der Waals surface area contributed by atoms with Gasteiger partial charge >= 0.3 is 0 Å². The summed E-state index contributed by atoms with van der Waals surface area (Å²) in [5.41, 5.74) is 2.40. The van der Waals surface area contributed by atoms with E-state index >= 15 is 0 Å². The van der Waals surface area contributed by atoms with Crippen molar-refractivity contribution in [3.8, 4) is 5.75 Å². The highest BCUT2D eigenvalue weighted by molar-refractivity contribution is 6.01. The molecule has 0 aromatic heterocycles. The van der Waals surface area contributed by atoms with E-state index in [1.807, 2.05) is 65.7 Å². The molecule has 1 atom stereocenters. The largest absolute Gasteiger partial charge is 0.489 e. The highest BCUT2D eigenvalue weighted by atomic mass is 16.5. The minimum Gasteiger partial charge on any atom is -0.489 e. The van der Waals surface area contributed by atoms with Crippen molar-refractivity contribution >= 4 is 23.0 Å². The van der Waals surface area contributed by atoms with E-state index in [-0.39, 0.29) is 29.9 Å². The van der Waals surface area contributed by atoms with Crippen LogP contribution in [-0.4, -0.2) is 37.5 Å². The SMILES string of the molecule is CC.CCc1c(C(=O)CC(CCC(C)=O)C(C)=O)ccc(N(C)C)c1OC(C)C. The first kappa shape index (κ1) is 26.8. The standard InChI is InChI=1S/C22H33NO4.C2H6/c1-8-18-19(11-12-20(23(6)7)22(18)27-14(2)3)21(26)13-17(16(5)25)10-9-15(4)24;1-2/h11-12,14,17H,8-10,13H2,1-7H3;1-2H3. The maximum absolute atomic E-state index is 13.0. The molecule has 1 aromatic rings. The fourth-order valence-electron chi connectivity index (χ4n) is 3.11. The van der Waals surface area contributed by atoms with Crippen LogP contribution in [0, 0.1) is 5.92 Å². The van der Waals surface area contributed by atoms with Crippen LogP contribution in [0.5, 0.6) is 5.75 Å². The lowest BCUT2D eigenvalue weighted by atomic mass is 9.88. The van der Waals surface area contributed by atoms with Gasteiger partial charge in [0.25, 0.3) is 0 Å². The number of ether oxygens (including phenoxy) is 1. The molecule has 0 spiro atoms. The van der Waals surface area contributed by atoms with Crippen LogP contribution in [0.3, 0.4) is 0 Å². The quantitative estimate of drug-likeness (QED) is 0.469. The Kier molecular flexibility index (Phi) is 12.1. The van der Waals surface area contributed by atoms with Gasteiger partial charge < -0.3 is 14.4 Å². The Morgan fingerprint density at radius 1 is 1.07 bits per heavy atom. The minimum atomic E-state index is -0.422. The van der Waals surface area contributed by atoms with Gasteiger partial charge in [-0.1, -0.05) is 20.8 Å². The summed E-state index contributed by atoms with van der Waals surface area (Å²) in [4.78, 5) is 38.2. The number of rotatable bonds is 11. The summed E-state index contributed by atoms with van der Waals surface area (Å²) in [6.45, 7) is 12.9. The van der Waals surface area contributed by atoms with Crippen LogP contribution in [0.4, 0.5) is 5.69 Å². The number of ketones is 3. The van der Waals surface area contributed by atoms with E-state index in [4.69, 9.17) is 4.74 Å². The Bertz CT molecular complexity index is 692. The lowest BCUT2D eigenvalue weighted by Gasteiger charge is -2.24. The topological polar surface area (TPSA) is 63.7 Å². The fraction of sp³-hybridized carbons (Fsp3) is 0.625. The second kappa shape index (κ2) is 13.1. The minimum absolute atomic E-state index is 0.0140. The number of Topliss-reactive ketones (excluding diaryl/α,β-unsaturated/α-hetero) is 3. The third kappa shape index (κ3) is 8.38. The van der Waals surface area contributed by atoms with Crippen LogP contribution < -0.4 is 9.64 Å². The zero-order valence-corrected chi connectivity index (χ0v) is 19.7. The Morgan fingerprint density at radius 2 is 1.66 bits per heavy atom. The van der Waals surface area contributed by atoms with Gasteiger partial charge in [-0.05, 0) is 52.7 Å². The number of anilines is 1. The average molecular weight is 406 g/mol. The second-order valence-electron chi connectivity index (χ2n) is 7.53. The van der Waals surface area contributed by atoms with Gasteiger partial charge in [0, 0.05) is 44.0 Å². The second-order valence-corrected chi connectivity index (χ2v) is 7.53. The van der Waals surface area contributed by atoms with E-state index in [0.717, 1.165) is 17.0 Å². The van der Waals surface area contributed by atoms with Crippen molar-refractivity contribution in [3.05, 3.63) is 23.3 Å². The fourth-order valence-corrected chi connectivity index (χ4v) is 3.11. The molecule has 0 saturated carbocycles. The molecule has 1 aromatic carbocycles. The number of hydrogen-bond donors (Lipinski definition) is 0. The molecule has 0 aliphatic carbocycles. The lowest BCUT2D eigenvalue weighted by Crippen LogP contribution is -2.20. The van der Waals surface area contributed by atoms with E-state index in [2.05, 4.69) is 0 Å². The van der Waals surface area contributed by atoms with Gasteiger partial charge in [-0.2, -0.15) is 0 Å². The number of carbonyl (C=O) groups excluding carboxylic acids is 3. The highest BCUT2D eigenvalue weighted by Gasteiger charge is 2.24. The summed E-state index contributed by atoms with van der Waals surface area (Å²) in [6, 6.07) is 3.72. The van der Waals surface area contributed by atoms with Crippen LogP contribution in [0.1, 0.15) is 83.7 Å². The van der Waals surface area contributed by atoms with Crippen molar-refractivity contribution in [1.82, 2.24) is 0 Å². The lowest BCUT2D eigenvalue weighted by molar-refractivity contribution is -0.121. The molecule has 0 saturated heterocycles. The van der Waals surface area contributed by atoms with Crippen molar-refractivity contribution in [2.75, 3.05) is 19.0 Å². The zero-order chi connectivity index (χ0) is 22.7. The molecule has 164 valence electrons. The number of hydrogen-bond acceptors (Lipinski definition) is 5. The molecule has 0 bridgehead atoms. The normalized spacial score (nSPS) is 11.4. The first-order chi connectivity index (χ1) is 13.6. The number of carbonyl (C=O) groups is 3. The molecular weight excluding hydrogens is 366 g/mol. The number of benzene rings is 1. The molecule has 0 aliphatic rings.